The Bertz CT molecular complexity index is 1090. The third kappa shape index (κ3) is 4.49. The molecule has 0 bridgehead atoms. The number of aromatic nitrogens is 1. The molecule has 142 valence electrons. The highest BCUT2D eigenvalue weighted by Gasteiger charge is 2.19. The topological polar surface area (TPSA) is 92.5 Å². The summed E-state index contributed by atoms with van der Waals surface area (Å²) in [6.45, 7) is 1.95. The molecule has 1 amide bonds. The molecule has 0 aliphatic rings. The van der Waals surface area contributed by atoms with Gasteiger partial charge in [0.2, 0.25) is 15.9 Å². The zero-order valence-electron chi connectivity index (χ0n) is 15.1. The number of anilines is 1. The molecule has 7 nitrogen and oxygen atoms in total. The number of hydrogen-bond donors (Lipinski definition) is 1. The van der Waals surface area contributed by atoms with Gasteiger partial charge in [-0.1, -0.05) is 23.9 Å². The van der Waals surface area contributed by atoms with Gasteiger partial charge in [0.05, 0.1) is 10.6 Å². The summed E-state index contributed by atoms with van der Waals surface area (Å²) in [5, 5.41) is 3.12. The number of benzene rings is 2. The van der Waals surface area contributed by atoms with Crippen molar-refractivity contribution in [1.29, 1.82) is 0 Å². The fourth-order valence-corrected chi connectivity index (χ4v) is 3.93. The molecule has 0 aliphatic carbocycles. The average Bonchev–Trinajstić information content (AvgIpc) is 3.02. The standard InChI is InChI=1S/C18H19N3O4S2/c1-12-5-4-6-13(9-12)19-17(22)11-26-18-20-15-10-14(7-8-16(15)25-18)27(23,24)21(2)3/h4-10H,11H2,1-3H3,(H,19,22). The van der Waals surface area contributed by atoms with E-state index in [1.54, 1.807) is 6.07 Å². The Morgan fingerprint density at radius 2 is 2.00 bits per heavy atom. The van der Waals surface area contributed by atoms with E-state index in [4.69, 9.17) is 4.42 Å². The van der Waals surface area contributed by atoms with Crippen molar-refractivity contribution in [2.24, 2.45) is 0 Å². The number of carbonyl (C=O) groups is 1. The highest BCUT2D eigenvalue weighted by atomic mass is 32.2. The van der Waals surface area contributed by atoms with Gasteiger partial charge >= 0.3 is 0 Å². The maximum atomic E-state index is 12.2. The zero-order valence-corrected chi connectivity index (χ0v) is 16.7. The van der Waals surface area contributed by atoms with Gasteiger partial charge in [-0.3, -0.25) is 4.79 Å². The lowest BCUT2D eigenvalue weighted by atomic mass is 10.2. The van der Waals surface area contributed by atoms with Crippen molar-refractivity contribution in [2.45, 2.75) is 17.0 Å². The van der Waals surface area contributed by atoms with Crippen molar-refractivity contribution in [1.82, 2.24) is 9.29 Å². The van der Waals surface area contributed by atoms with Gasteiger partial charge in [0, 0.05) is 19.8 Å². The van der Waals surface area contributed by atoms with E-state index < -0.39 is 10.0 Å². The number of hydrogen-bond acceptors (Lipinski definition) is 6. The summed E-state index contributed by atoms with van der Waals surface area (Å²) in [6, 6.07) is 12.0. The van der Waals surface area contributed by atoms with Gasteiger partial charge in [-0.25, -0.2) is 17.7 Å². The van der Waals surface area contributed by atoms with E-state index in [-0.39, 0.29) is 16.6 Å². The minimum absolute atomic E-state index is 0.129. The highest BCUT2D eigenvalue weighted by Crippen LogP contribution is 2.26. The van der Waals surface area contributed by atoms with Gasteiger partial charge in [-0.15, -0.1) is 0 Å². The normalized spacial score (nSPS) is 11.9. The first-order valence-corrected chi connectivity index (χ1v) is 10.5. The van der Waals surface area contributed by atoms with Crippen molar-refractivity contribution in [2.75, 3.05) is 25.2 Å². The molecule has 3 aromatic rings. The molecule has 0 spiro atoms. The van der Waals surface area contributed by atoms with Crippen LogP contribution in [0, 0.1) is 6.92 Å². The van der Waals surface area contributed by atoms with Gasteiger partial charge in [0.25, 0.3) is 5.22 Å². The van der Waals surface area contributed by atoms with Crippen molar-refractivity contribution < 1.29 is 17.6 Å². The molecule has 9 heteroatoms. The molecule has 0 aliphatic heterocycles. The second-order valence-electron chi connectivity index (χ2n) is 6.10. The summed E-state index contributed by atoms with van der Waals surface area (Å²) < 4.78 is 31.1. The van der Waals surface area contributed by atoms with Crippen LogP contribution in [0.15, 0.2) is 57.0 Å². The number of nitrogens with zero attached hydrogens (tertiary/aromatic N) is 2. The van der Waals surface area contributed by atoms with Crippen LogP contribution in [0.1, 0.15) is 5.56 Å². The van der Waals surface area contributed by atoms with Crippen LogP contribution in [0.25, 0.3) is 11.1 Å². The maximum absolute atomic E-state index is 12.2. The van der Waals surface area contributed by atoms with Crippen LogP contribution < -0.4 is 5.32 Å². The second-order valence-corrected chi connectivity index (χ2v) is 9.18. The van der Waals surface area contributed by atoms with Crippen molar-refractivity contribution >= 4 is 44.5 Å². The Morgan fingerprint density at radius 1 is 1.22 bits per heavy atom. The largest absolute Gasteiger partial charge is 0.431 e. The van der Waals surface area contributed by atoms with Crippen molar-refractivity contribution in [3.63, 3.8) is 0 Å². The van der Waals surface area contributed by atoms with Crippen LogP contribution in [-0.4, -0.2) is 43.5 Å². The van der Waals surface area contributed by atoms with E-state index in [1.807, 2.05) is 31.2 Å². The molecule has 1 heterocycles. The summed E-state index contributed by atoms with van der Waals surface area (Å²) in [6.07, 6.45) is 0. The monoisotopic (exact) mass is 405 g/mol. The van der Waals surface area contributed by atoms with Crippen molar-refractivity contribution in [3.8, 4) is 0 Å². The minimum Gasteiger partial charge on any atom is -0.431 e. The fraction of sp³-hybridized carbons (Fsp3) is 0.222. The molecule has 1 aromatic heterocycles. The van der Waals surface area contributed by atoms with E-state index in [0.717, 1.165) is 27.3 Å². The zero-order chi connectivity index (χ0) is 19.6. The van der Waals surface area contributed by atoms with E-state index in [0.29, 0.717) is 16.3 Å². The van der Waals surface area contributed by atoms with Crippen LogP contribution in [0.4, 0.5) is 5.69 Å². The Hall–Kier alpha value is -2.36. The summed E-state index contributed by atoms with van der Waals surface area (Å²) in [5.74, 6) is -0.0485. The van der Waals surface area contributed by atoms with Gasteiger partial charge in [0.1, 0.15) is 5.52 Å². The lowest BCUT2D eigenvalue weighted by molar-refractivity contribution is -0.113. The Kier molecular flexibility index (Phi) is 5.54. The summed E-state index contributed by atoms with van der Waals surface area (Å²) in [4.78, 5) is 16.5. The quantitative estimate of drug-likeness (QED) is 0.634. The van der Waals surface area contributed by atoms with Crippen LogP contribution in [0.5, 0.6) is 0 Å². The molecule has 2 aromatic carbocycles. The van der Waals surface area contributed by atoms with E-state index >= 15 is 0 Å². The Labute approximate surface area is 161 Å². The third-order valence-electron chi connectivity index (χ3n) is 3.75. The molecule has 1 N–H and O–H groups in total. The van der Waals surface area contributed by atoms with Gasteiger partial charge in [-0.2, -0.15) is 0 Å². The minimum atomic E-state index is -3.54. The van der Waals surface area contributed by atoms with Crippen LogP contribution in [-0.2, 0) is 14.8 Å². The first-order chi connectivity index (χ1) is 12.8. The Balaban J connectivity index is 1.70. The average molecular weight is 406 g/mol. The van der Waals surface area contributed by atoms with E-state index in [9.17, 15) is 13.2 Å². The lowest BCUT2D eigenvalue weighted by Gasteiger charge is -2.10. The van der Waals surface area contributed by atoms with E-state index in [2.05, 4.69) is 10.3 Å². The highest BCUT2D eigenvalue weighted by molar-refractivity contribution is 7.99. The van der Waals surface area contributed by atoms with Crippen LogP contribution in [0.2, 0.25) is 0 Å². The summed E-state index contributed by atoms with van der Waals surface area (Å²) >= 11 is 1.15. The van der Waals surface area contributed by atoms with E-state index in [1.165, 1.54) is 26.2 Å². The Morgan fingerprint density at radius 3 is 2.70 bits per heavy atom. The summed E-state index contributed by atoms with van der Waals surface area (Å²) in [5.41, 5.74) is 2.69. The molecule has 0 saturated heterocycles. The number of thioether (sulfide) groups is 1. The number of aryl methyl sites for hydroxylation is 1. The summed E-state index contributed by atoms with van der Waals surface area (Å²) in [7, 11) is -0.605. The number of nitrogens with one attached hydrogen (secondary N) is 1. The second kappa shape index (κ2) is 7.71. The van der Waals surface area contributed by atoms with Gasteiger partial charge in [0.15, 0.2) is 5.58 Å². The predicted molar refractivity (Wildman–Crippen MR) is 105 cm³/mol. The number of carbonyl (C=O) groups excluding carboxylic acids is 1. The number of sulfonamides is 1. The van der Waals surface area contributed by atoms with Gasteiger partial charge < -0.3 is 9.73 Å². The molecular formula is C18H19N3O4S2. The number of fused-ring (bicyclic) bond motifs is 1. The van der Waals surface area contributed by atoms with Crippen molar-refractivity contribution in [3.05, 3.63) is 48.0 Å². The lowest BCUT2D eigenvalue weighted by Crippen LogP contribution is -2.22. The smallest absolute Gasteiger partial charge is 0.257 e. The predicted octanol–water partition coefficient (Wildman–Crippen LogP) is 3.12. The maximum Gasteiger partial charge on any atom is 0.257 e. The first-order valence-electron chi connectivity index (χ1n) is 8.08. The molecule has 0 radical (unpaired) electrons. The number of oxazole rings is 1. The molecule has 0 saturated carbocycles. The number of rotatable bonds is 6. The molecule has 0 atom stereocenters. The fourth-order valence-electron chi connectivity index (χ4n) is 2.37. The van der Waals surface area contributed by atoms with Crippen LogP contribution >= 0.6 is 11.8 Å². The third-order valence-corrected chi connectivity index (χ3v) is 6.39. The SMILES string of the molecule is Cc1cccc(NC(=O)CSc2nc3cc(S(=O)(=O)N(C)C)ccc3o2)c1. The molecule has 0 unspecified atom stereocenters. The molecule has 3 rings (SSSR count). The molecule has 0 fully saturated rings. The molecule has 27 heavy (non-hydrogen) atoms. The van der Waals surface area contributed by atoms with Crippen LogP contribution in [0.3, 0.4) is 0 Å². The first kappa shape index (κ1) is 19.4. The van der Waals surface area contributed by atoms with Gasteiger partial charge in [-0.05, 0) is 42.8 Å². The number of amides is 1. The molecular weight excluding hydrogens is 386 g/mol.